The van der Waals surface area contributed by atoms with Crippen molar-refractivity contribution in [3.63, 3.8) is 0 Å². The Labute approximate surface area is 120 Å². The van der Waals surface area contributed by atoms with Gasteiger partial charge in [0.2, 0.25) is 0 Å². The molecule has 0 saturated carbocycles. The number of benzene rings is 1. The van der Waals surface area contributed by atoms with Gasteiger partial charge in [-0.15, -0.1) is 10.2 Å². The van der Waals surface area contributed by atoms with E-state index in [1.165, 1.54) is 0 Å². The van der Waals surface area contributed by atoms with Crippen LogP contribution in [0.4, 0.5) is 0 Å². The van der Waals surface area contributed by atoms with Crippen molar-refractivity contribution in [3.8, 4) is 5.69 Å². The summed E-state index contributed by atoms with van der Waals surface area (Å²) in [6.07, 6.45) is 1.82. The monoisotopic (exact) mass is 283 g/mol. The predicted octanol–water partition coefficient (Wildman–Crippen LogP) is 0.624. The van der Waals surface area contributed by atoms with E-state index < -0.39 is 0 Å². The average Bonchev–Trinajstić information content (AvgIpc) is 3.15. The van der Waals surface area contributed by atoms with Gasteiger partial charge in [-0.1, -0.05) is 23.4 Å². The van der Waals surface area contributed by atoms with Crippen molar-refractivity contribution >= 4 is 5.91 Å². The zero-order valence-electron chi connectivity index (χ0n) is 11.3. The Kier molecular flexibility index (Phi) is 3.42. The minimum Gasteiger partial charge on any atom is -0.343 e. The Morgan fingerprint density at radius 3 is 2.86 bits per heavy atom. The first-order valence-corrected chi connectivity index (χ1v) is 6.36. The number of carbonyl (C=O) groups excluding carboxylic acids is 1. The van der Waals surface area contributed by atoms with Crippen molar-refractivity contribution in [1.29, 1.82) is 0 Å². The molecular formula is C13H13N7O. The Bertz CT molecular complexity index is 733. The van der Waals surface area contributed by atoms with E-state index in [9.17, 15) is 4.79 Å². The molecular weight excluding hydrogens is 270 g/mol. The van der Waals surface area contributed by atoms with Gasteiger partial charge in [0.1, 0.15) is 0 Å². The van der Waals surface area contributed by atoms with E-state index in [1.54, 1.807) is 4.68 Å². The fourth-order valence-electron chi connectivity index (χ4n) is 1.90. The lowest BCUT2D eigenvalue weighted by Gasteiger charge is -2.01. The number of hydrogen-bond acceptors (Lipinski definition) is 5. The Morgan fingerprint density at radius 2 is 2.14 bits per heavy atom. The first kappa shape index (κ1) is 13.0. The van der Waals surface area contributed by atoms with Gasteiger partial charge in [0.05, 0.1) is 12.2 Å². The maximum Gasteiger partial charge on any atom is 0.272 e. The largest absolute Gasteiger partial charge is 0.343 e. The van der Waals surface area contributed by atoms with Crippen LogP contribution >= 0.6 is 0 Å². The summed E-state index contributed by atoms with van der Waals surface area (Å²) in [6, 6.07) is 9.62. The molecule has 0 bridgehead atoms. The second-order valence-corrected chi connectivity index (χ2v) is 4.45. The Balaban J connectivity index is 1.76. The standard InChI is InChI=1S/C13H13N7O/c1-9-8-20(10-5-3-2-4-6-10)17-12(9)13(21)14-7-11-15-18-19-16-11/h2-6,8H,7H2,1H3,(H,14,21)(H,15,16,18,19). The van der Waals surface area contributed by atoms with Crippen molar-refractivity contribution in [3.05, 3.63) is 53.6 Å². The molecule has 0 aliphatic rings. The lowest BCUT2D eigenvalue weighted by Crippen LogP contribution is -2.24. The van der Waals surface area contributed by atoms with Crippen LogP contribution in [0.3, 0.4) is 0 Å². The molecule has 21 heavy (non-hydrogen) atoms. The van der Waals surface area contributed by atoms with Crippen molar-refractivity contribution in [2.45, 2.75) is 13.5 Å². The third-order valence-electron chi connectivity index (χ3n) is 2.93. The molecule has 3 rings (SSSR count). The zero-order valence-corrected chi connectivity index (χ0v) is 11.3. The van der Waals surface area contributed by atoms with Crippen LogP contribution in [0.1, 0.15) is 21.9 Å². The molecule has 0 saturated heterocycles. The Hall–Kier alpha value is -3.03. The lowest BCUT2D eigenvalue weighted by atomic mass is 10.2. The second-order valence-electron chi connectivity index (χ2n) is 4.45. The third kappa shape index (κ3) is 2.78. The van der Waals surface area contributed by atoms with Gasteiger partial charge in [-0.25, -0.2) is 4.68 Å². The molecule has 0 aliphatic heterocycles. The highest BCUT2D eigenvalue weighted by Gasteiger charge is 2.15. The summed E-state index contributed by atoms with van der Waals surface area (Å²) < 4.78 is 1.68. The first-order chi connectivity index (χ1) is 10.2. The SMILES string of the molecule is Cc1cn(-c2ccccc2)nc1C(=O)NCc1nn[nH]n1. The first-order valence-electron chi connectivity index (χ1n) is 6.36. The second kappa shape index (κ2) is 5.53. The van der Waals surface area contributed by atoms with E-state index >= 15 is 0 Å². The fourth-order valence-corrected chi connectivity index (χ4v) is 1.90. The van der Waals surface area contributed by atoms with Gasteiger partial charge in [-0.2, -0.15) is 10.3 Å². The topological polar surface area (TPSA) is 101 Å². The minimum absolute atomic E-state index is 0.201. The summed E-state index contributed by atoms with van der Waals surface area (Å²) in [7, 11) is 0. The van der Waals surface area contributed by atoms with Gasteiger partial charge < -0.3 is 5.32 Å². The number of hydrogen-bond donors (Lipinski definition) is 2. The minimum atomic E-state index is -0.271. The van der Waals surface area contributed by atoms with Crippen LogP contribution in [0.5, 0.6) is 0 Å². The molecule has 3 aromatic rings. The highest BCUT2D eigenvalue weighted by atomic mass is 16.2. The molecule has 0 aliphatic carbocycles. The molecule has 106 valence electrons. The van der Waals surface area contributed by atoms with Crippen molar-refractivity contribution in [2.24, 2.45) is 0 Å². The van der Waals surface area contributed by atoms with Crippen molar-refractivity contribution in [1.82, 2.24) is 35.7 Å². The Morgan fingerprint density at radius 1 is 1.33 bits per heavy atom. The lowest BCUT2D eigenvalue weighted by molar-refractivity contribution is 0.0944. The molecule has 8 heteroatoms. The number of para-hydroxylation sites is 1. The van der Waals surface area contributed by atoms with E-state index in [1.807, 2.05) is 43.5 Å². The fraction of sp³-hybridized carbons (Fsp3) is 0.154. The van der Waals surface area contributed by atoms with Crippen LogP contribution in [0.2, 0.25) is 0 Å². The van der Waals surface area contributed by atoms with Crippen LogP contribution in [-0.4, -0.2) is 36.3 Å². The summed E-state index contributed by atoms with van der Waals surface area (Å²) >= 11 is 0. The summed E-state index contributed by atoms with van der Waals surface area (Å²) in [5.74, 6) is 0.149. The van der Waals surface area contributed by atoms with Gasteiger partial charge in [0, 0.05) is 11.8 Å². The molecule has 2 heterocycles. The van der Waals surface area contributed by atoms with Crippen LogP contribution < -0.4 is 5.32 Å². The molecule has 0 radical (unpaired) electrons. The van der Waals surface area contributed by atoms with E-state index in [2.05, 4.69) is 31.0 Å². The molecule has 0 atom stereocenters. The highest BCUT2D eigenvalue weighted by Crippen LogP contribution is 2.11. The molecule has 1 amide bonds. The number of tetrazole rings is 1. The number of aromatic nitrogens is 6. The zero-order chi connectivity index (χ0) is 14.7. The number of aromatic amines is 1. The average molecular weight is 283 g/mol. The number of aryl methyl sites for hydroxylation is 1. The normalized spacial score (nSPS) is 10.5. The molecule has 1 aromatic carbocycles. The maximum absolute atomic E-state index is 12.1. The summed E-state index contributed by atoms with van der Waals surface area (Å²) in [5.41, 5.74) is 2.07. The van der Waals surface area contributed by atoms with Crippen LogP contribution in [0.25, 0.3) is 5.69 Å². The van der Waals surface area contributed by atoms with Crippen LogP contribution in [0, 0.1) is 6.92 Å². The van der Waals surface area contributed by atoms with Crippen LogP contribution in [0.15, 0.2) is 36.5 Å². The van der Waals surface area contributed by atoms with Gasteiger partial charge in [-0.3, -0.25) is 4.79 Å². The van der Waals surface area contributed by atoms with E-state index in [0.29, 0.717) is 11.5 Å². The molecule has 0 fully saturated rings. The van der Waals surface area contributed by atoms with Crippen LogP contribution in [-0.2, 0) is 6.54 Å². The summed E-state index contributed by atoms with van der Waals surface area (Å²) in [4.78, 5) is 12.1. The third-order valence-corrected chi connectivity index (χ3v) is 2.93. The van der Waals surface area contributed by atoms with Gasteiger partial charge in [-0.05, 0) is 19.1 Å². The van der Waals surface area contributed by atoms with Crippen molar-refractivity contribution < 1.29 is 4.79 Å². The van der Waals surface area contributed by atoms with E-state index in [-0.39, 0.29) is 12.5 Å². The van der Waals surface area contributed by atoms with Gasteiger partial charge in [0.15, 0.2) is 11.5 Å². The highest BCUT2D eigenvalue weighted by molar-refractivity contribution is 5.93. The van der Waals surface area contributed by atoms with Gasteiger partial charge >= 0.3 is 0 Å². The number of nitrogens with one attached hydrogen (secondary N) is 2. The smallest absolute Gasteiger partial charge is 0.272 e. The van der Waals surface area contributed by atoms with E-state index in [0.717, 1.165) is 11.3 Å². The maximum atomic E-state index is 12.1. The number of H-pyrrole nitrogens is 1. The predicted molar refractivity (Wildman–Crippen MR) is 73.6 cm³/mol. The number of carbonyl (C=O) groups is 1. The van der Waals surface area contributed by atoms with E-state index in [4.69, 9.17) is 0 Å². The molecule has 8 nitrogen and oxygen atoms in total. The van der Waals surface area contributed by atoms with Crippen molar-refractivity contribution in [2.75, 3.05) is 0 Å². The summed E-state index contributed by atoms with van der Waals surface area (Å²) in [5, 5.41) is 20.3. The number of amides is 1. The van der Waals surface area contributed by atoms with Gasteiger partial charge in [0.25, 0.3) is 5.91 Å². The molecule has 2 aromatic heterocycles. The number of rotatable bonds is 4. The molecule has 0 spiro atoms. The molecule has 0 unspecified atom stereocenters. The quantitative estimate of drug-likeness (QED) is 0.731. The number of nitrogens with zero attached hydrogens (tertiary/aromatic N) is 5. The summed E-state index contributed by atoms with van der Waals surface area (Å²) in [6.45, 7) is 2.04. The molecule has 2 N–H and O–H groups in total.